The summed E-state index contributed by atoms with van der Waals surface area (Å²) in [5.41, 5.74) is 6.60. The van der Waals surface area contributed by atoms with E-state index in [1.807, 2.05) is 0 Å². The first-order valence-corrected chi connectivity index (χ1v) is 18.5. The molecular weight excluding hydrogens is 482 g/mol. The molecular formula is C18H41AsO10P+. The first-order valence-electron chi connectivity index (χ1n) is 10.1. The van der Waals surface area contributed by atoms with Crippen molar-refractivity contribution in [3.8, 4) is 0 Å². The first kappa shape index (κ1) is 30.4. The Labute approximate surface area is 183 Å². The molecule has 0 aromatic carbocycles. The molecule has 0 amide bonds. The Morgan fingerprint density at radius 2 is 0.933 bits per heavy atom. The summed E-state index contributed by atoms with van der Waals surface area (Å²) in [5, 5.41) is 0.834. The van der Waals surface area contributed by atoms with Crippen LogP contribution in [0.25, 0.3) is 0 Å². The molecule has 10 nitrogen and oxygen atoms in total. The van der Waals surface area contributed by atoms with Gasteiger partial charge in [-0.15, -0.1) is 0 Å². The SMILES string of the molecule is COCCOCCOCCOCCOCCOCCOP(=O)(O)OCC[As+](C)(C)C. The van der Waals surface area contributed by atoms with E-state index < -0.39 is 21.4 Å². The topological polar surface area (TPSA) is 111 Å². The summed E-state index contributed by atoms with van der Waals surface area (Å²) in [5.74, 6) is 0. The molecule has 182 valence electrons. The van der Waals surface area contributed by atoms with E-state index >= 15 is 0 Å². The van der Waals surface area contributed by atoms with Gasteiger partial charge in [0, 0.05) is 7.11 Å². The van der Waals surface area contributed by atoms with Gasteiger partial charge in [0.1, 0.15) is 0 Å². The average Bonchev–Trinajstić information content (AvgIpc) is 2.65. The van der Waals surface area contributed by atoms with Crippen molar-refractivity contribution in [1.82, 2.24) is 0 Å². The second-order valence-corrected chi connectivity index (χ2v) is 19.2. The van der Waals surface area contributed by atoms with Crippen LogP contribution in [-0.2, 0) is 42.0 Å². The molecule has 0 radical (unpaired) electrons. The second-order valence-electron chi connectivity index (χ2n) is 7.20. The second kappa shape index (κ2) is 20.1. The zero-order valence-corrected chi connectivity index (χ0v) is 21.7. The van der Waals surface area contributed by atoms with E-state index in [1.54, 1.807) is 7.11 Å². The van der Waals surface area contributed by atoms with Gasteiger partial charge >= 0.3 is 111 Å². The van der Waals surface area contributed by atoms with Gasteiger partial charge in [0.15, 0.2) is 0 Å². The van der Waals surface area contributed by atoms with Crippen molar-refractivity contribution in [2.75, 3.05) is 93.0 Å². The number of hydrogen-bond acceptors (Lipinski definition) is 9. The Morgan fingerprint density at radius 1 is 0.600 bits per heavy atom. The fourth-order valence-electron chi connectivity index (χ4n) is 1.80. The third kappa shape index (κ3) is 24.7. The van der Waals surface area contributed by atoms with E-state index in [0.717, 1.165) is 5.21 Å². The minimum absolute atomic E-state index is 0.00995. The minimum atomic E-state index is -3.99. The van der Waals surface area contributed by atoms with Crippen molar-refractivity contribution in [1.29, 1.82) is 0 Å². The van der Waals surface area contributed by atoms with Crippen molar-refractivity contribution in [2.24, 2.45) is 0 Å². The summed E-state index contributed by atoms with van der Waals surface area (Å²) in [6.07, 6.45) is 0. The van der Waals surface area contributed by atoms with Crippen molar-refractivity contribution in [3.05, 3.63) is 0 Å². The maximum atomic E-state index is 11.7. The standard InChI is InChI=1S/C18H40AsO10P/c1-19(2,3)5-6-28-30(20,21)29-18-17-27-16-15-26-14-13-25-12-11-24-10-9-23-8-7-22-4/h5-18H2,1-4H3/p+1. The van der Waals surface area contributed by atoms with Crippen LogP contribution >= 0.6 is 7.82 Å². The van der Waals surface area contributed by atoms with Crippen LogP contribution in [0.5, 0.6) is 0 Å². The fraction of sp³-hybridized carbons (Fsp3) is 1.00. The van der Waals surface area contributed by atoms with Gasteiger partial charge in [0.25, 0.3) is 0 Å². The van der Waals surface area contributed by atoms with Gasteiger partial charge in [-0.2, -0.15) is 0 Å². The molecule has 30 heavy (non-hydrogen) atoms. The monoisotopic (exact) mass is 523 g/mol. The fourth-order valence-corrected chi connectivity index (χ4v) is 4.16. The van der Waals surface area contributed by atoms with Crippen LogP contribution < -0.4 is 0 Å². The maximum absolute atomic E-state index is 11.7. The first-order chi connectivity index (χ1) is 14.3. The Bertz CT molecular complexity index is 422. The van der Waals surface area contributed by atoms with E-state index in [2.05, 4.69) is 17.1 Å². The van der Waals surface area contributed by atoms with Gasteiger partial charge < -0.3 is 18.9 Å². The van der Waals surface area contributed by atoms with E-state index in [0.29, 0.717) is 66.1 Å². The van der Waals surface area contributed by atoms with E-state index in [9.17, 15) is 9.46 Å². The van der Waals surface area contributed by atoms with Crippen LogP contribution in [-0.4, -0.2) is 111 Å². The molecule has 0 aliphatic carbocycles. The summed E-state index contributed by atoms with van der Waals surface area (Å²) >= 11 is -1.63. The van der Waals surface area contributed by atoms with Crippen molar-refractivity contribution in [2.45, 2.75) is 22.3 Å². The predicted molar refractivity (Wildman–Crippen MR) is 116 cm³/mol. The van der Waals surface area contributed by atoms with Gasteiger partial charge in [0.2, 0.25) is 0 Å². The van der Waals surface area contributed by atoms with Gasteiger partial charge in [0.05, 0.1) is 46.2 Å². The van der Waals surface area contributed by atoms with Crippen LogP contribution in [0.15, 0.2) is 0 Å². The molecule has 0 aliphatic heterocycles. The Kier molecular flexibility index (Phi) is 20.4. The van der Waals surface area contributed by atoms with Crippen LogP contribution in [0.1, 0.15) is 0 Å². The van der Waals surface area contributed by atoms with Crippen LogP contribution in [0.2, 0.25) is 22.3 Å². The Balaban J connectivity index is 3.26. The number of methoxy groups -OCH3 is 1. The molecule has 0 aromatic rings. The molecule has 0 heterocycles. The molecule has 0 bridgehead atoms. The number of rotatable bonds is 23. The zero-order valence-electron chi connectivity index (χ0n) is 18.9. The van der Waals surface area contributed by atoms with Crippen LogP contribution in [0.3, 0.4) is 0 Å². The zero-order chi connectivity index (χ0) is 22.6. The van der Waals surface area contributed by atoms with Crippen molar-refractivity contribution >= 4 is 21.4 Å². The van der Waals surface area contributed by atoms with E-state index in [4.69, 9.17) is 37.5 Å². The summed E-state index contributed by atoms with van der Waals surface area (Å²) in [6, 6.07) is 0. The summed E-state index contributed by atoms with van der Waals surface area (Å²) in [7, 11) is -2.36. The molecule has 1 unspecified atom stereocenters. The van der Waals surface area contributed by atoms with Gasteiger partial charge in [-0.25, -0.2) is 0 Å². The summed E-state index contributed by atoms with van der Waals surface area (Å²) < 4.78 is 53.0. The summed E-state index contributed by atoms with van der Waals surface area (Å²) in [6.45, 7) is 5.35. The molecule has 0 spiro atoms. The Morgan fingerprint density at radius 3 is 1.30 bits per heavy atom. The molecule has 0 rings (SSSR count). The molecule has 1 N–H and O–H groups in total. The van der Waals surface area contributed by atoms with Crippen LogP contribution in [0.4, 0.5) is 0 Å². The molecule has 0 saturated heterocycles. The summed E-state index contributed by atoms with van der Waals surface area (Å²) in [4.78, 5) is 9.56. The average molecular weight is 523 g/mol. The third-order valence-corrected chi connectivity index (χ3v) is 7.63. The molecule has 0 aromatic heterocycles. The Hall–Kier alpha value is 0.428. The van der Waals surface area contributed by atoms with Gasteiger partial charge in [-0.05, 0) is 0 Å². The quantitative estimate of drug-likeness (QED) is 0.122. The van der Waals surface area contributed by atoms with Crippen molar-refractivity contribution < 1.29 is 46.9 Å². The predicted octanol–water partition coefficient (Wildman–Crippen LogP) is 2.19. The molecule has 0 saturated carbocycles. The number of hydrogen-bond donors (Lipinski definition) is 1. The van der Waals surface area contributed by atoms with Gasteiger partial charge in [-0.3, -0.25) is 0 Å². The number of phosphoric ester groups is 1. The van der Waals surface area contributed by atoms with Gasteiger partial charge in [-0.1, -0.05) is 0 Å². The number of ether oxygens (including phenoxy) is 6. The normalized spacial score (nSPS) is 14.2. The van der Waals surface area contributed by atoms with Crippen LogP contribution in [0, 0.1) is 0 Å². The molecule has 1 atom stereocenters. The van der Waals surface area contributed by atoms with E-state index in [1.165, 1.54) is 0 Å². The molecule has 12 heteroatoms. The number of phosphoric acid groups is 1. The third-order valence-electron chi connectivity index (χ3n) is 3.42. The molecule has 0 fully saturated rings. The molecule has 0 aliphatic rings. The van der Waals surface area contributed by atoms with E-state index in [-0.39, 0.29) is 19.8 Å². The van der Waals surface area contributed by atoms with Crippen molar-refractivity contribution in [3.63, 3.8) is 0 Å².